The molecule has 0 aliphatic carbocycles. The average Bonchev–Trinajstić information content (AvgIpc) is 2.96. The van der Waals surface area contributed by atoms with Crippen LogP contribution in [0.5, 0.6) is 0 Å². The Kier molecular flexibility index (Phi) is 2.59. The van der Waals surface area contributed by atoms with E-state index in [1.807, 2.05) is 6.92 Å². The van der Waals surface area contributed by atoms with Crippen LogP contribution in [-0.2, 0) is 0 Å². The molecule has 2 heterocycles. The fraction of sp³-hybridized carbons (Fsp3) is 0.0714. The molecular formula is C14H11FN2O2. The highest BCUT2D eigenvalue weighted by Crippen LogP contribution is 2.38. The number of benzene rings is 1. The Morgan fingerprint density at radius 3 is 2.63 bits per heavy atom. The van der Waals surface area contributed by atoms with E-state index in [2.05, 4.69) is 5.16 Å². The highest BCUT2D eigenvalue weighted by atomic mass is 19.1. The molecule has 2 N–H and O–H groups in total. The summed E-state index contributed by atoms with van der Waals surface area (Å²) in [5.74, 6) is 1.27. The maximum absolute atomic E-state index is 13.9. The van der Waals surface area contributed by atoms with E-state index in [-0.39, 0.29) is 11.6 Å². The molecule has 96 valence electrons. The van der Waals surface area contributed by atoms with Crippen molar-refractivity contribution in [2.24, 2.45) is 0 Å². The van der Waals surface area contributed by atoms with E-state index in [0.717, 1.165) is 5.76 Å². The third kappa shape index (κ3) is 1.89. The highest BCUT2D eigenvalue weighted by Gasteiger charge is 2.22. The first kappa shape index (κ1) is 11.5. The van der Waals surface area contributed by atoms with Gasteiger partial charge in [0.15, 0.2) is 11.6 Å². The Balaban J connectivity index is 2.22. The quantitative estimate of drug-likeness (QED) is 0.762. The van der Waals surface area contributed by atoms with Crippen LogP contribution in [0.25, 0.3) is 22.6 Å². The van der Waals surface area contributed by atoms with Crippen LogP contribution in [0.15, 0.2) is 45.3 Å². The summed E-state index contributed by atoms with van der Waals surface area (Å²) in [4.78, 5) is 0. The minimum absolute atomic E-state index is 0.133. The number of furan rings is 1. The Labute approximate surface area is 108 Å². The predicted octanol–water partition coefficient (Wildman–Crippen LogP) is 3.63. The molecular weight excluding hydrogens is 247 g/mol. The summed E-state index contributed by atoms with van der Waals surface area (Å²) in [5.41, 5.74) is 6.52. The van der Waals surface area contributed by atoms with Crippen LogP contribution in [0.1, 0.15) is 5.76 Å². The first-order chi connectivity index (χ1) is 9.16. The third-order valence-electron chi connectivity index (χ3n) is 2.83. The minimum Gasteiger partial charge on any atom is -0.458 e. The second-order valence-corrected chi connectivity index (χ2v) is 4.16. The van der Waals surface area contributed by atoms with Gasteiger partial charge < -0.3 is 14.7 Å². The summed E-state index contributed by atoms with van der Waals surface area (Å²) in [5, 5.41) is 3.70. The van der Waals surface area contributed by atoms with Gasteiger partial charge in [0.25, 0.3) is 0 Å². The van der Waals surface area contributed by atoms with Gasteiger partial charge >= 0.3 is 0 Å². The molecule has 19 heavy (non-hydrogen) atoms. The first-order valence-electron chi connectivity index (χ1n) is 5.73. The van der Waals surface area contributed by atoms with Crippen LogP contribution in [0.3, 0.4) is 0 Å². The molecule has 0 aliphatic heterocycles. The second-order valence-electron chi connectivity index (χ2n) is 4.16. The predicted molar refractivity (Wildman–Crippen MR) is 68.7 cm³/mol. The van der Waals surface area contributed by atoms with Crippen molar-refractivity contribution in [1.82, 2.24) is 5.16 Å². The Hall–Kier alpha value is -2.56. The summed E-state index contributed by atoms with van der Waals surface area (Å²) >= 11 is 0. The SMILES string of the molecule is Cc1ccc(-c2onc(N)c2-c2ccccc2F)o1. The van der Waals surface area contributed by atoms with Crippen molar-refractivity contribution in [2.75, 3.05) is 5.73 Å². The monoisotopic (exact) mass is 258 g/mol. The number of aromatic nitrogens is 1. The number of anilines is 1. The zero-order valence-electron chi connectivity index (χ0n) is 10.2. The molecule has 0 saturated carbocycles. The minimum atomic E-state index is -0.387. The molecule has 0 bridgehead atoms. The van der Waals surface area contributed by atoms with Crippen molar-refractivity contribution >= 4 is 5.82 Å². The van der Waals surface area contributed by atoms with Crippen LogP contribution in [-0.4, -0.2) is 5.16 Å². The zero-order valence-corrected chi connectivity index (χ0v) is 10.2. The van der Waals surface area contributed by atoms with Gasteiger partial charge in [-0.2, -0.15) is 0 Å². The normalized spacial score (nSPS) is 10.8. The molecule has 1 aromatic carbocycles. The lowest BCUT2D eigenvalue weighted by atomic mass is 10.0. The van der Waals surface area contributed by atoms with Gasteiger partial charge in [0, 0.05) is 5.56 Å². The topological polar surface area (TPSA) is 65.2 Å². The number of hydrogen-bond acceptors (Lipinski definition) is 4. The standard InChI is InChI=1S/C14H11FN2O2/c1-8-6-7-11(18-8)13-12(14(16)17-19-13)9-4-2-3-5-10(9)15/h2-7H,1H3,(H2,16,17). The molecule has 0 aliphatic rings. The molecule has 2 aromatic heterocycles. The van der Waals surface area contributed by atoms with Crippen molar-refractivity contribution in [3.63, 3.8) is 0 Å². The largest absolute Gasteiger partial charge is 0.458 e. The smallest absolute Gasteiger partial charge is 0.212 e. The molecule has 0 amide bonds. The van der Waals surface area contributed by atoms with Gasteiger partial charge in [-0.3, -0.25) is 0 Å². The van der Waals surface area contributed by atoms with Gasteiger partial charge in [-0.25, -0.2) is 4.39 Å². The average molecular weight is 258 g/mol. The van der Waals surface area contributed by atoms with Gasteiger partial charge in [0.1, 0.15) is 11.6 Å². The molecule has 0 unspecified atom stereocenters. The number of aryl methyl sites for hydroxylation is 1. The molecule has 0 radical (unpaired) electrons. The van der Waals surface area contributed by atoms with E-state index in [9.17, 15) is 4.39 Å². The van der Waals surface area contributed by atoms with Crippen molar-refractivity contribution in [3.8, 4) is 22.6 Å². The lowest BCUT2D eigenvalue weighted by Gasteiger charge is -2.02. The van der Waals surface area contributed by atoms with Gasteiger partial charge in [0.05, 0.1) is 5.56 Å². The van der Waals surface area contributed by atoms with E-state index in [1.165, 1.54) is 6.07 Å². The first-order valence-corrected chi connectivity index (χ1v) is 5.73. The third-order valence-corrected chi connectivity index (χ3v) is 2.83. The highest BCUT2D eigenvalue weighted by molar-refractivity contribution is 5.85. The van der Waals surface area contributed by atoms with Crippen molar-refractivity contribution < 1.29 is 13.3 Å². The summed E-state index contributed by atoms with van der Waals surface area (Å²) in [6, 6.07) is 9.84. The summed E-state index contributed by atoms with van der Waals surface area (Å²) in [6.07, 6.45) is 0. The lowest BCUT2D eigenvalue weighted by Crippen LogP contribution is -1.91. The van der Waals surface area contributed by atoms with Crippen LogP contribution in [0.2, 0.25) is 0 Å². The van der Waals surface area contributed by atoms with Crippen LogP contribution >= 0.6 is 0 Å². The fourth-order valence-electron chi connectivity index (χ4n) is 1.95. The van der Waals surface area contributed by atoms with E-state index >= 15 is 0 Å². The van der Waals surface area contributed by atoms with E-state index in [1.54, 1.807) is 30.3 Å². The molecule has 0 saturated heterocycles. The molecule has 0 fully saturated rings. The maximum Gasteiger partial charge on any atom is 0.212 e. The fourth-order valence-corrected chi connectivity index (χ4v) is 1.95. The second kappa shape index (κ2) is 4.28. The van der Waals surface area contributed by atoms with Gasteiger partial charge in [-0.05, 0) is 25.1 Å². The Morgan fingerprint density at radius 2 is 1.95 bits per heavy atom. The van der Waals surface area contributed by atoms with Crippen LogP contribution in [0, 0.1) is 12.7 Å². The molecule has 0 atom stereocenters. The van der Waals surface area contributed by atoms with Crippen molar-refractivity contribution in [3.05, 3.63) is 48.0 Å². The number of nitrogens with zero attached hydrogens (tertiary/aromatic N) is 1. The summed E-state index contributed by atoms with van der Waals surface area (Å²) < 4.78 is 24.5. The lowest BCUT2D eigenvalue weighted by molar-refractivity contribution is 0.418. The van der Waals surface area contributed by atoms with Gasteiger partial charge in [-0.15, -0.1) is 0 Å². The molecule has 3 aromatic rings. The number of rotatable bonds is 2. The molecule has 5 heteroatoms. The van der Waals surface area contributed by atoms with Gasteiger partial charge in [0.2, 0.25) is 5.76 Å². The molecule has 0 spiro atoms. The van der Waals surface area contributed by atoms with E-state index in [0.29, 0.717) is 22.6 Å². The van der Waals surface area contributed by atoms with Crippen molar-refractivity contribution in [1.29, 1.82) is 0 Å². The Bertz CT molecular complexity index is 731. The summed E-state index contributed by atoms with van der Waals surface area (Å²) in [7, 11) is 0. The van der Waals surface area contributed by atoms with Crippen LogP contribution in [0.4, 0.5) is 10.2 Å². The number of hydrogen-bond donors (Lipinski definition) is 1. The van der Waals surface area contributed by atoms with E-state index in [4.69, 9.17) is 14.7 Å². The number of nitrogens with two attached hydrogens (primary N) is 1. The van der Waals surface area contributed by atoms with E-state index < -0.39 is 0 Å². The van der Waals surface area contributed by atoms with Gasteiger partial charge in [-0.1, -0.05) is 23.4 Å². The number of nitrogen functional groups attached to an aromatic ring is 1. The van der Waals surface area contributed by atoms with Crippen molar-refractivity contribution in [2.45, 2.75) is 6.92 Å². The maximum atomic E-state index is 13.9. The zero-order chi connectivity index (χ0) is 13.4. The molecule has 3 rings (SSSR count). The Morgan fingerprint density at radius 1 is 1.16 bits per heavy atom. The molecule has 4 nitrogen and oxygen atoms in total. The number of halogens is 1. The summed E-state index contributed by atoms with van der Waals surface area (Å²) in [6.45, 7) is 1.81. The van der Waals surface area contributed by atoms with Crippen LogP contribution < -0.4 is 5.73 Å².